The van der Waals surface area contributed by atoms with Gasteiger partial charge in [-0.3, -0.25) is 0 Å². The maximum atomic E-state index is 14.7. The van der Waals surface area contributed by atoms with Gasteiger partial charge in [-0.25, -0.2) is 17.6 Å². The summed E-state index contributed by atoms with van der Waals surface area (Å²) >= 11 is 0. The smallest absolute Gasteiger partial charge is 0.312 e. The minimum Gasteiger partial charge on any atom is -0.497 e. The molecule has 0 unspecified atom stereocenters. The molecule has 1 fully saturated rings. The van der Waals surface area contributed by atoms with Gasteiger partial charge in [0.2, 0.25) is 0 Å². The number of halogens is 4. The van der Waals surface area contributed by atoms with Crippen molar-refractivity contribution in [3.63, 3.8) is 0 Å². The van der Waals surface area contributed by atoms with Crippen LogP contribution in [-0.2, 0) is 0 Å². The summed E-state index contributed by atoms with van der Waals surface area (Å²) in [5, 5.41) is 0. The zero-order valence-electron chi connectivity index (χ0n) is 14.9. The van der Waals surface area contributed by atoms with Gasteiger partial charge in [-0.05, 0) is 48.5 Å². The molecule has 3 aliphatic rings. The van der Waals surface area contributed by atoms with Crippen molar-refractivity contribution >= 4 is 0 Å². The molecule has 4 nitrogen and oxygen atoms in total. The van der Waals surface area contributed by atoms with Crippen molar-refractivity contribution in [1.82, 2.24) is 0 Å². The molecule has 0 atom stereocenters. The topological polar surface area (TPSA) is 36.9 Å². The van der Waals surface area contributed by atoms with Gasteiger partial charge in [-0.15, -0.1) is 0 Å². The molecule has 2 bridgehead atoms. The van der Waals surface area contributed by atoms with Crippen molar-refractivity contribution in [3.8, 4) is 23.0 Å². The molecule has 148 valence electrons. The van der Waals surface area contributed by atoms with Crippen molar-refractivity contribution in [1.29, 1.82) is 0 Å². The van der Waals surface area contributed by atoms with E-state index in [4.69, 9.17) is 18.9 Å². The van der Waals surface area contributed by atoms with E-state index in [-0.39, 0.29) is 11.5 Å². The van der Waals surface area contributed by atoms with E-state index >= 15 is 0 Å². The Morgan fingerprint density at radius 1 is 0.679 bits per heavy atom. The minimum absolute atomic E-state index is 0.124. The maximum absolute atomic E-state index is 14.7. The van der Waals surface area contributed by atoms with Gasteiger partial charge in [0.25, 0.3) is 5.60 Å². The standard InChI is InChI=1S/C20H16F4O4/c1-25-12-3-7-14(8-4-12)27-16-11-18(19(21,22)17(16)20(18,23)24)28-15-9-5-13(26-2)6-10-15/h3-11,17H,1-2H3. The number of rotatable bonds is 6. The lowest BCUT2D eigenvalue weighted by atomic mass is 9.69. The van der Waals surface area contributed by atoms with Crippen molar-refractivity contribution in [3.05, 3.63) is 60.4 Å². The number of ether oxygens (including phenoxy) is 4. The lowest BCUT2D eigenvalue weighted by molar-refractivity contribution is -0.364. The number of allylic oxidation sites excluding steroid dienone is 1. The maximum Gasteiger partial charge on any atom is 0.312 e. The summed E-state index contributed by atoms with van der Waals surface area (Å²) in [7, 11) is 2.89. The van der Waals surface area contributed by atoms with Crippen molar-refractivity contribution < 1.29 is 36.5 Å². The highest BCUT2D eigenvalue weighted by Crippen LogP contribution is 2.71. The molecule has 2 aromatic rings. The molecule has 3 aliphatic carbocycles. The summed E-state index contributed by atoms with van der Waals surface area (Å²) in [6.45, 7) is 0. The van der Waals surface area contributed by atoms with Crippen LogP contribution in [0.4, 0.5) is 17.6 Å². The van der Waals surface area contributed by atoms with E-state index in [1.807, 2.05) is 0 Å². The molecule has 0 radical (unpaired) electrons. The molecule has 0 saturated heterocycles. The van der Waals surface area contributed by atoms with Crippen LogP contribution in [0.1, 0.15) is 0 Å². The number of alkyl halides is 4. The summed E-state index contributed by atoms with van der Waals surface area (Å²) in [5.74, 6) is -9.57. The van der Waals surface area contributed by atoms with E-state index in [1.54, 1.807) is 0 Å². The minimum atomic E-state index is -3.82. The molecule has 5 rings (SSSR count). The zero-order chi connectivity index (χ0) is 20.2. The quantitative estimate of drug-likeness (QED) is 0.664. The second-order valence-corrected chi connectivity index (χ2v) is 6.52. The summed E-state index contributed by atoms with van der Waals surface area (Å²) < 4.78 is 79.1. The Balaban J connectivity index is 1.63. The van der Waals surface area contributed by atoms with Crippen LogP contribution < -0.4 is 18.9 Å². The highest BCUT2D eigenvalue weighted by atomic mass is 19.3. The summed E-state index contributed by atoms with van der Waals surface area (Å²) in [4.78, 5) is 0. The molecule has 1 saturated carbocycles. The number of benzene rings is 2. The second-order valence-electron chi connectivity index (χ2n) is 6.52. The lowest BCUT2D eigenvalue weighted by Crippen LogP contribution is -2.77. The summed E-state index contributed by atoms with van der Waals surface area (Å²) in [5.41, 5.74) is -3.10. The Kier molecular flexibility index (Phi) is 3.99. The number of hydrogen-bond donors (Lipinski definition) is 0. The van der Waals surface area contributed by atoms with Crippen LogP contribution in [0.2, 0.25) is 0 Å². The Morgan fingerprint density at radius 2 is 1.11 bits per heavy atom. The first-order valence-corrected chi connectivity index (χ1v) is 8.38. The van der Waals surface area contributed by atoms with E-state index in [0.717, 1.165) is 0 Å². The third-order valence-electron chi connectivity index (χ3n) is 4.98. The van der Waals surface area contributed by atoms with E-state index in [0.29, 0.717) is 17.6 Å². The third-order valence-corrected chi connectivity index (χ3v) is 4.98. The van der Waals surface area contributed by atoms with Gasteiger partial charge >= 0.3 is 11.8 Å². The first kappa shape index (κ1) is 18.5. The van der Waals surface area contributed by atoms with Crippen LogP contribution in [0.5, 0.6) is 23.0 Å². The van der Waals surface area contributed by atoms with E-state index in [2.05, 4.69) is 0 Å². The molecular formula is C20H16F4O4. The van der Waals surface area contributed by atoms with Crippen LogP contribution in [0, 0.1) is 5.92 Å². The van der Waals surface area contributed by atoms with Gasteiger partial charge in [0.05, 0.1) is 14.2 Å². The summed E-state index contributed by atoms with van der Waals surface area (Å²) in [6.07, 6.45) is 0.687. The molecular weight excluding hydrogens is 380 g/mol. The van der Waals surface area contributed by atoms with Crippen LogP contribution in [-0.4, -0.2) is 31.7 Å². The van der Waals surface area contributed by atoms with Crippen molar-refractivity contribution in [2.75, 3.05) is 14.2 Å². The molecule has 0 aromatic heterocycles. The van der Waals surface area contributed by atoms with Gasteiger partial charge in [0, 0.05) is 6.08 Å². The Hall–Kier alpha value is -2.90. The number of methoxy groups -OCH3 is 2. The van der Waals surface area contributed by atoms with Crippen molar-refractivity contribution in [2.24, 2.45) is 5.92 Å². The van der Waals surface area contributed by atoms with Crippen LogP contribution in [0.15, 0.2) is 60.4 Å². The lowest BCUT2D eigenvalue weighted by Gasteiger charge is -2.52. The molecule has 28 heavy (non-hydrogen) atoms. The van der Waals surface area contributed by atoms with Gasteiger partial charge in [-0.1, -0.05) is 0 Å². The zero-order valence-corrected chi connectivity index (χ0v) is 14.9. The molecule has 0 aliphatic heterocycles. The molecule has 0 amide bonds. The number of hydrogen-bond acceptors (Lipinski definition) is 4. The molecule has 2 aromatic carbocycles. The van der Waals surface area contributed by atoms with E-state index in [1.165, 1.54) is 62.8 Å². The molecule has 8 heteroatoms. The highest BCUT2D eigenvalue weighted by Gasteiger charge is 2.93. The Morgan fingerprint density at radius 3 is 1.57 bits per heavy atom. The van der Waals surface area contributed by atoms with E-state index < -0.39 is 29.1 Å². The Labute approximate surface area is 158 Å². The van der Waals surface area contributed by atoms with Gasteiger partial charge in [0.15, 0.2) is 5.92 Å². The first-order valence-electron chi connectivity index (χ1n) is 8.38. The predicted molar refractivity (Wildman–Crippen MR) is 91.4 cm³/mol. The SMILES string of the molecule is COc1ccc(OC2=CC3(Oc4ccc(OC)cc4)C(F)(F)C2C3(F)F)cc1. The van der Waals surface area contributed by atoms with Crippen LogP contribution >= 0.6 is 0 Å². The molecule has 0 heterocycles. The van der Waals surface area contributed by atoms with Crippen molar-refractivity contribution in [2.45, 2.75) is 17.4 Å². The van der Waals surface area contributed by atoms with E-state index in [9.17, 15) is 17.6 Å². The average Bonchev–Trinajstić information content (AvgIpc) is 3.05. The second kappa shape index (κ2) is 6.05. The molecule has 0 N–H and O–H groups in total. The predicted octanol–water partition coefficient (Wildman–Crippen LogP) is 4.70. The third kappa shape index (κ3) is 2.36. The highest BCUT2D eigenvalue weighted by molar-refractivity contribution is 5.48. The Bertz CT molecular complexity index is 891. The fourth-order valence-electron chi connectivity index (χ4n) is 3.50. The fraction of sp³-hybridized carbons (Fsp3) is 0.300. The van der Waals surface area contributed by atoms with Gasteiger partial charge in [0.1, 0.15) is 28.8 Å². The van der Waals surface area contributed by atoms with Gasteiger partial charge < -0.3 is 18.9 Å². The molecule has 0 spiro atoms. The normalized spacial score (nSPS) is 26.1. The summed E-state index contributed by atoms with van der Waals surface area (Å²) in [6, 6.07) is 11.4. The van der Waals surface area contributed by atoms with Crippen LogP contribution in [0.3, 0.4) is 0 Å². The monoisotopic (exact) mass is 396 g/mol. The largest absolute Gasteiger partial charge is 0.497 e. The average molecular weight is 396 g/mol. The fourth-order valence-corrected chi connectivity index (χ4v) is 3.50. The van der Waals surface area contributed by atoms with Gasteiger partial charge in [-0.2, -0.15) is 0 Å². The first-order chi connectivity index (χ1) is 13.2. The van der Waals surface area contributed by atoms with Crippen LogP contribution in [0.25, 0.3) is 0 Å².